The van der Waals surface area contributed by atoms with Gasteiger partial charge in [-0.1, -0.05) is 12.2 Å². The van der Waals surface area contributed by atoms with Crippen molar-refractivity contribution in [2.45, 2.75) is 6.42 Å². The van der Waals surface area contributed by atoms with Gasteiger partial charge in [-0.05, 0) is 30.7 Å². The maximum absolute atomic E-state index is 10.4. The largest absolute Gasteiger partial charge is 0.502 e. The van der Waals surface area contributed by atoms with Gasteiger partial charge >= 0.3 is 5.69 Å². The minimum atomic E-state index is -0.622. The Labute approximate surface area is 87.0 Å². The van der Waals surface area contributed by atoms with Gasteiger partial charge in [-0.15, -0.1) is 0 Å². The second-order valence-corrected chi connectivity index (χ2v) is 2.98. The van der Waals surface area contributed by atoms with Crippen molar-refractivity contribution in [1.29, 1.82) is 0 Å². The molecule has 0 atom stereocenters. The molecule has 5 nitrogen and oxygen atoms in total. The maximum atomic E-state index is 10.4. The molecule has 0 saturated carbocycles. The molecule has 0 aromatic heterocycles. The normalized spacial score (nSPS) is 10.7. The Bertz CT molecular complexity index is 388. The summed E-state index contributed by atoms with van der Waals surface area (Å²) in [5.41, 5.74) is 5.72. The van der Waals surface area contributed by atoms with E-state index >= 15 is 0 Å². The van der Waals surface area contributed by atoms with E-state index in [1.165, 1.54) is 12.1 Å². The third kappa shape index (κ3) is 3.07. The molecule has 5 heteroatoms. The number of phenolic OH excluding ortho intramolecular Hbond substituents is 1. The fourth-order valence-electron chi connectivity index (χ4n) is 1.11. The number of nitrogens with two attached hydrogens (primary N) is 1. The summed E-state index contributed by atoms with van der Waals surface area (Å²) in [6.07, 6.45) is 4.34. The van der Waals surface area contributed by atoms with Crippen LogP contribution < -0.4 is 5.73 Å². The van der Waals surface area contributed by atoms with Crippen molar-refractivity contribution in [2.75, 3.05) is 6.54 Å². The minimum absolute atomic E-state index is 0.286. The topological polar surface area (TPSA) is 89.4 Å². The summed E-state index contributed by atoms with van der Waals surface area (Å²) in [6.45, 7) is 0.551. The summed E-state index contributed by atoms with van der Waals surface area (Å²) in [6, 6.07) is 4.20. The number of rotatable bonds is 4. The van der Waals surface area contributed by atoms with Crippen LogP contribution in [0.2, 0.25) is 0 Å². The fourth-order valence-corrected chi connectivity index (χ4v) is 1.11. The molecule has 3 N–H and O–H groups in total. The van der Waals surface area contributed by atoms with E-state index in [9.17, 15) is 15.2 Å². The lowest BCUT2D eigenvalue weighted by Gasteiger charge is -1.97. The number of nitro benzene ring substituents is 1. The van der Waals surface area contributed by atoms with E-state index in [-0.39, 0.29) is 11.4 Å². The molecule has 0 amide bonds. The van der Waals surface area contributed by atoms with E-state index in [1.807, 2.05) is 6.08 Å². The Balaban J connectivity index is 2.87. The average Bonchev–Trinajstić information content (AvgIpc) is 2.17. The predicted molar refractivity (Wildman–Crippen MR) is 57.5 cm³/mol. The highest BCUT2D eigenvalue weighted by Crippen LogP contribution is 2.26. The fraction of sp³-hybridized carbons (Fsp3) is 0.200. The molecule has 80 valence electrons. The second-order valence-electron chi connectivity index (χ2n) is 2.98. The quantitative estimate of drug-likeness (QED) is 0.581. The third-order valence-electron chi connectivity index (χ3n) is 1.84. The van der Waals surface area contributed by atoms with E-state index in [0.29, 0.717) is 12.1 Å². The first-order valence-corrected chi connectivity index (χ1v) is 4.49. The first-order valence-electron chi connectivity index (χ1n) is 4.49. The Hall–Kier alpha value is -1.88. The van der Waals surface area contributed by atoms with E-state index in [4.69, 9.17) is 5.73 Å². The van der Waals surface area contributed by atoms with Crippen LogP contribution >= 0.6 is 0 Å². The molecule has 0 aliphatic rings. The van der Waals surface area contributed by atoms with Crippen molar-refractivity contribution in [2.24, 2.45) is 5.73 Å². The average molecular weight is 208 g/mol. The molecule has 0 fully saturated rings. The van der Waals surface area contributed by atoms with Crippen molar-refractivity contribution in [3.05, 3.63) is 40.0 Å². The molecule has 0 bridgehead atoms. The standard InChI is InChI=1S/C10H12N2O3/c11-6-2-1-3-8-4-5-9(12(14)15)10(13)7-8/h1,3-5,7,13H,2,6,11H2. The zero-order valence-electron chi connectivity index (χ0n) is 8.09. The van der Waals surface area contributed by atoms with Crippen LogP contribution in [-0.2, 0) is 0 Å². The van der Waals surface area contributed by atoms with E-state index < -0.39 is 4.92 Å². The summed E-state index contributed by atoms with van der Waals surface area (Å²) in [5, 5.41) is 19.7. The maximum Gasteiger partial charge on any atom is 0.310 e. The summed E-state index contributed by atoms with van der Waals surface area (Å²) >= 11 is 0. The van der Waals surface area contributed by atoms with Gasteiger partial charge in [0, 0.05) is 6.07 Å². The molecule has 1 aromatic rings. The molecule has 0 unspecified atom stereocenters. The summed E-state index contributed by atoms with van der Waals surface area (Å²) in [5.74, 6) is -0.324. The van der Waals surface area contributed by atoms with Gasteiger partial charge in [0.05, 0.1) is 4.92 Å². The minimum Gasteiger partial charge on any atom is -0.502 e. The molecule has 0 saturated heterocycles. The lowest BCUT2D eigenvalue weighted by molar-refractivity contribution is -0.385. The van der Waals surface area contributed by atoms with Crippen molar-refractivity contribution in [3.8, 4) is 5.75 Å². The monoisotopic (exact) mass is 208 g/mol. The lowest BCUT2D eigenvalue weighted by Crippen LogP contribution is -1.95. The highest BCUT2D eigenvalue weighted by Gasteiger charge is 2.11. The predicted octanol–water partition coefficient (Wildman–Crippen LogP) is 1.66. The van der Waals surface area contributed by atoms with E-state index in [1.54, 1.807) is 12.1 Å². The zero-order chi connectivity index (χ0) is 11.3. The van der Waals surface area contributed by atoms with Gasteiger partial charge in [-0.2, -0.15) is 0 Å². The summed E-state index contributed by atoms with van der Waals surface area (Å²) in [7, 11) is 0. The van der Waals surface area contributed by atoms with Crippen LogP contribution in [0.5, 0.6) is 5.75 Å². The number of hydrogen-bond acceptors (Lipinski definition) is 4. The molecule has 0 aliphatic heterocycles. The van der Waals surface area contributed by atoms with Crippen molar-refractivity contribution < 1.29 is 10.0 Å². The number of benzene rings is 1. The first-order chi connectivity index (χ1) is 7.15. The number of aromatic hydroxyl groups is 1. The molecular formula is C10H12N2O3. The summed E-state index contributed by atoms with van der Waals surface area (Å²) in [4.78, 5) is 9.78. The lowest BCUT2D eigenvalue weighted by atomic mass is 10.1. The Morgan fingerprint density at radius 1 is 1.53 bits per heavy atom. The van der Waals surface area contributed by atoms with Gasteiger partial charge in [0.1, 0.15) is 0 Å². The van der Waals surface area contributed by atoms with Gasteiger partial charge in [-0.3, -0.25) is 10.1 Å². The Kier molecular flexibility index (Phi) is 3.82. The van der Waals surface area contributed by atoms with Crippen LogP contribution in [-0.4, -0.2) is 16.6 Å². The molecule has 0 heterocycles. The second kappa shape index (κ2) is 5.11. The molecule has 1 rings (SSSR count). The van der Waals surface area contributed by atoms with Crippen LogP contribution in [0.15, 0.2) is 24.3 Å². The SMILES string of the molecule is NCCC=Cc1ccc([N+](=O)[O-])c(O)c1. The molecule has 15 heavy (non-hydrogen) atoms. The number of phenols is 1. The zero-order valence-corrected chi connectivity index (χ0v) is 8.09. The van der Waals surface area contributed by atoms with E-state index in [2.05, 4.69) is 0 Å². The van der Waals surface area contributed by atoms with Crippen LogP contribution in [0.3, 0.4) is 0 Å². The molecule has 0 radical (unpaired) electrons. The van der Waals surface area contributed by atoms with Crippen LogP contribution in [0, 0.1) is 10.1 Å². The van der Waals surface area contributed by atoms with Crippen molar-refractivity contribution >= 4 is 11.8 Å². The molecule has 1 aromatic carbocycles. The highest BCUT2D eigenvalue weighted by molar-refractivity contribution is 5.57. The molecular weight excluding hydrogens is 196 g/mol. The number of hydrogen-bond donors (Lipinski definition) is 2. The van der Waals surface area contributed by atoms with Crippen molar-refractivity contribution in [1.82, 2.24) is 0 Å². The summed E-state index contributed by atoms with van der Waals surface area (Å²) < 4.78 is 0. The Morgan fingerprint density at radius 2 is 2.27 bits per heavy atom. The smallest absolute Gasteiger partial charge is 0.310 e. The van der Waals surface area contributed by atoms with Gasteiger partial charge in [0.25, 0.3) is 0 Å². The first kappa shape index (κ1) is 11.2. The van der Waals surface area contributed by atoms with Crippen LogP contribution in [0.1, 0.15) is 12.0 Å². The van der Waals surface area contributed by atoms with E-state index in [0.717, 1.165) is 6.42 Å². The van der Waals surface area contributed by atoms with Crippen molar-refractivity contribution in [3.63, 3.8) is 0 Å². The number of nitro groups is 1. The third-order valence-corrected chi connectivity index (χ3v) is 1.84. The van der Waals surface area contributed by atoms with Crippen LogP contribution in [0.4, 0.5) is 5.69 Å². The Morgan fingerprint density at radius 3 is 2.80 bits per heavy atom. The molecule has 0 aliphatic carbocycles. The van der Waals surface area contributed by atoms with Gasteiger partial charge in [0.2, 0.25) is 0 Å². The van der Waals surface area contributed by atoms with Crippen LogP contribution in [0.25, 0.3) is 6.08 Å². The van der Waals surface area contributed by atoms with Gasteiger partial charge in [0.15, 0.2) is 5.75 Å². The van der Waals surface area contributed by atoms with Gasteiger partial charge < -0.3 is 10.8 Å². The number of nitrogens with zero attached hydrogens (tertiary/aromatic N) is 1. The highest BCUT2D eigenvalue weighted by atomic mass is 16.6. The molecule has 0 spiro atoms. The van der Waals surface area contributed by atoms with Gasteiger partial charge in [-0.25, -0.2) is 0 Å².